The van der Waals surface area contributed by atoms with Crippen molar-refractivity contribution in [2.75, 3.05) is 0 Å². The number of hydrogen-bond donors (Lipinski definition) is 0. The van der Waals surface area contributed by atoms with E-state index >= 15 is 0 Å². The normalized spacial score (nSPS) is 12.4. The van der Waals surface area contributed by atoms with Crippen LogP contribution in [0.25, 0.3) is 0 Å². The summed E-state index contributed by atoms with van der Waals surface area (Å²) in [6, 6.07) is 10.1. The molecule has 1 aromatic heterocycles. The maximum Gasteiger partial charge on any atom is 0.132 e. The number of carbonyl (C=O) groups excluding carboxylic acids is 1. The molecule has 0 aliphatic heterocycles. The Morgan fingerprint density at radius 2 is 1.88 bits per heavy atom. The molecule has 0 bridgehead atoms. The molecule has 2 aromatic rings. The van der Waals surface area contributed by atoms with E-state index in [9.17, 15) is 4.79 Å². The van der Waals surface area contributed by atoms with Gasteiger partial charge in [-0.2, -0.15) is 0 Å². The van der Waals surface area contributed by atoms with Crippen molar-refractivity contribution in [1.29, 1.82) is 0 Å². The first-order valence-corrected chi connectivity index (χ1v) is 6.17. The van der Waals surface area contributed by atoms with Crippen LogP contribution in [0.3, 0.4) is 0 Å². The molecule has 0 fully saturated rings. The van der Waals surface area contributed by atoms with E-state index in [1.807, 2.05) is 23.6 Å². The van der Waals surface area contributed by atoms with Gasteiger partial charge in [0.2, 0.25) is 0 Å². The predicted molar refractivity (Wildman–Crippen MR) is 68.1 cm³/mol. The lowest BCUT2D eigenvalue weighted by molar-refractivity contribution is -0.108. The summed E-state index contributed by atoms with van der Waals surface area (Å²) in [5.41, 5.74) is 3.49. The number of rotatable bonds is 3. The average molecular weight is 230 g/mol. The van der Waals surface area contributed by atoms with Gasteiger partial charge < -0.3 is 4.79 Å². The van der Waals surface area contributed by atoms with Crippen molar-refractivity contribution in [3.8, 4) is 0 Å². The minimum absolute atomic E-state index is 0.110. The zero-order valence-electron chi connectivity index (χ0n) is 9.44. The molecule has 0 radical (unpaired) electrons. The van der Waals surface area contributed by atoms with Crippen LogP contribution in [0.4, 0.5) is 0 Å². The Kier molecular flexibility index (Phi) is 3.20. The van der Waals surface area contributed by atoms with Gasteiger partial charge in [-0.05, 0) is 42.0 Å². The molecule has 82 valence electrons. The number of aldehydes is 1. The van der Waals surface area contributed by atoms with Gasteiger partial charge in [0, 0.05) is 4.88 Å². The van der Waals surface area contributed by atoms with Crippen molar-refractivity contribution < 1.29 is 4.79 Å². The highest BCUT2D eigenvalue weighted by Gasteiger charge is 2.17. The van der Waals surface area contributed by atoms with E-state index in [0.717, 1.165) is 16.7 Å². The van der Waals surface area contributed by atoms with Gasteiger partial charge in [0.15, 0.2) is 0 Å². The largest absolute Gasteiger partial charge is 0.302 e. The molecule has 1 atom stereocenters. The van der Waals surface area contributed by atoms with Gasteiger partial charge in [-0.3, -0.25) is 0 Å². The molecule has 2 heteroatoms. The standard InChI is InChI=1S/C14H14OS/c1-10-5-3-4-6-12(10)13(9-15)14-11(2)7-8-16-14/h3-9,13H,1-2H3/t13-/m1/s1. The minimum Gasteiger partial charge on any atom is -0.302 e. The average Bonchev–Trinajstić information content (AvgIpc) is 2.69. The van der Waals surface area contributed by atoms with Gasteiger partial charge in [-0.25, -0.2) is 0 Å². The molecular formula is C14H14OS. The second-order valence-electron chi connectivity index (χ2n) is 3.94. The van der Waals surface area contributed by atoms with Crippen molar-refractivity contribution >= 4 is 17.6 Å². The molecule has 0 aliphatic carbocycles. The van der Waals surface area contributed by atoms with Crippen LogP contribution in [-0.4, -0.2) is 6.29 Å². The Labute approximate surface area is 99.8 Å². The molecule has 1 aromatic carbocycles. The highest BCUT2D eigenvalue weighted by atomic mass is 32.1. The molecular weight excluding hydrogens is 216 g/mol. The molecule has 0 saturated carbocycles. The summed E-state index contributed by atoms with van der Waals surface area (Å²) in [4.78, 5) is 12.5. The Morgan fingerprint density at radius 1 is 1.12 bits per heavy atom. The molecule has 0 saturated heterocycles. The van der Waals surface area contributed by atoms with E-state index < -0.39 is 0 Å². The highest BCUT2D eigenvalue weighted by molar-refractivity contribution is 7.10. The first kappa shape index (κ1) is 11.1. The van der Waals surface area contributed by atoms with Crippen LogP contribution in [0.1, 0.15) is 27.5 Å². The Hall–Kier alpha value is -1.41. The molecule has 0 aliphatic rings. The summed E-state index contributed by atoms with van der Waals surface area (Å²) >= 11 is 1.65. The lowest BCUT2D eigenvalue weighted by atomic mass is 9.93. The van der Waals surface area contributed by atoms with E-state index in [-0.39, 0.29) is 5.92 Å². The third-order valence-corrected chi connectivity index (χ3v) is 3.95. The van der Waals surface area contributed by atoms with Gasteiger partial charge in [-0.1, -0.05) is 24.3 Å². The summed E-state index contributed by atoms with van der Waals surface area (Å²) < 4.78 is 0. The Morgan fingerprint density at radius 3 is 2.44 bits per heavy atom. The Bertz CT molecular complexity index is 499. The first-order valence-electron chi connectivity index (χ1n) is 5.29. The third-order valence-electron chi connectivity index (χ3n) is 2.84. The molecule has 0 N–H and O–H groups in total. The summed E-state index contributed by atoms with van der Waals surface area (Å²) in [6.45, 7) is 4.11. The van der Waals surface area contributed by atoms with Gasteiger partial charge in [0.05, 0.1) is 5.92 Å². The Balaban J connectivity index is 2.49. The van der Waals surface area contributed by atoms with Gasteiger partial charge in [-0.15, -0.1) is 11.3 Å². The zero-order chi connectivity index (χ0) is 11.5. The quantitative estimate of drug-likeness (QED) is 0.735. The molecule has 0 spiro atoms. The van der Waals surface area contributed by atoms with Crippen LogP contribution in [0.15, 0.2) is 35.7 Å². The predicted octanol–water partition coefficient (Wildman–Crippen LogP) is 3.70. The summed E-state index contributed by atoms with van der Waals surface area (Å²) in [5.74, 6) is -0.110. The molecule has 1 heterocycles. The second-order valence-corrected chi connectivity index (χ2v) is 4.89. The van der Waals surface area contributed by atoms with Crippen LogP contribution < -0.4 is 0 Å². The fraction of sp³-hybridized carbons (Fsp3) is 0.214. The smallest absolute Gasteiger partial charge is 0.132 e. The molecule has 1 nitrogen and oxygen atoms in total. The molecule has 0 unspecified atom stereocenters. The lowest BCUT2D eigenvalue weighted by Crippen LogP contribution is -2.03. The molecule has 2 rings (SSSR count). The minimum atomic E-state index is -0.110. The van der Waals surface area contributed by atoms with Crippen LogP contribution >= 0.6 is 11.3 Å². The fourth-order valence-corrected chi connectivity index (χ4v) is 2.92. The topological polar surface area (TPSA) is 17.1 Å². The SMILES string of the molecule is Cc1ccccc1[C@@H](C=O)c1sccc1C. The number of benzene rings is 1. The van der Waals surface area contributed by atoms with E-state index in [2.05, 4.69) is 26.0 Å². The first-order chi connectivity index (χ1) is 7.74. The highest BCUT2D eigenvalue weighted by Crippen LogP contribution is 2.31. The van der Waals surface area contributed by atoms with E-state index in [0.29, 0.717) is 0 Å². The fourth-order valence-electron chi connectivity index (χ4n) is 1.92. The van der Waals surface area contributed by atoms with E-state index in [4.69, 9.17) is 0 Å². The van der Waals surface area contributed by atoms with Crippen molar-refractivity contribution in [2.45, 2.75) is 19.8 Å². The van der Waals surface area contributed by atoms with E-state index in [1.165, 1.54) is 11.1 Å². The van der Waals surface area contributed by atoms with Crippen molar-refractivity contribution in [1.82, 2.24) is 0 Å². The van der Waals surface area contributed by atoms with Crippen molar-refractivity contribution in [3.63, 3.8) is 0 Å². The van der Waals surface area contributed by atoms with Gasteiger partial charge in [0.1, 0.15) is 6.29 Å². The van der Waals surface area contributed by atoms with Crippen molar-refractivity contribution in [3.05, 3.63) is 57.3 Å². The molecule has 0 amide bonds. The van der Waals surface area contributed by atoms with Crippen LogP contribution in [0.5, 0.6) is 0 Å². The number of aryl methyl sites for hydroxylation is 2. The summed E-state index contributed by atoms with van der Waals surface area (Å²) in [6.07, 6.45) is 1.04. The van der Waals surface area contributed by atoms with Crippen LogP contribution in [-0.2, 0) is 4.79 Å². The van der Waals surface area contributed by atoms with E-state index in [1.54, 1.807) is 11.3 Å². The summed E-state index contributed by atoms with van der Waals surface area (Å²) in [7, 11) is 0. The van der Waals surface area contributed by atoms with Gasteiger partial charge >= 0.3 is 0 Å². The number of thiophene rings is 1. The number of hydrogen-bond acceptors (Lipinski definition) is 2. The van der Waals surface area contributed by atoms with Crippen LogP contribution in [0, 0.1) is 13.8 Å². The zero-order valence-corrected chi connectivity index (χ0v) is 10.3. The maximum atomic E-state index is 11.3. The molecule has 16 heavy (non-hydrogen) atoms. The maximum absolute atomic E-state index is 11.3. The summed E-state index contributed by atoms with van der Waals surface area (Å²) in [5, 5.41) is 2.04. The third kappa shape index (κ3) is 1.93. The lowest BCUT2D eigenvalue weighted by Gasteiger charge is -2.12. The van der Waals surface area contributed by atoms with Crippen LogP contribution in [0.2, 0.25) is 0 Å². The van der Waals surface area contributed by atoms with Crippen molar-refractivity contribution in [2.24, 2.45) is 0 Å². The second kappa shape index (κ2) is 4.62. The number of carbonyl (C=O) groups is 1. The van der Waals surface area contributed by atoms with Gasteiger partial charge in [0.25, 0.3) is 0 Å². The monoisotopic (exact) mass is 230 g/mol.